The number of rotatable bonds is 7. The Balaban J connectivity index is 1.66. The minimum atomic E-state index is -0.275. The molecule has 1 atom stereocenters. The van der Waals surface area contributed by atoms with Gasteiger partial charge in [0.15, 0.2) is 0 Å². The first-order valence-corrected chi connectivity index (χ1v) is 9.31. The van der Waals surface area contributed by atoms with E-state index >= 15 is 0 Å². The number of hydrogen-bond acceptors (Lipinski definition) is 5. The zero-order chi connectivity index (χ0) is 19.9. The summed E-state index contributed by atoms with van der Waals surface area (Å²) in [7, 11) is 5.17. The van der Waals surface area contributed by atoms with E-state index in [1.807, 2.05) is 19.3 Å². The van der Waals surface area contributed by atoms with Crippen molar-refractivity contribution in [2.45, 2.75) is 6.04 Å². The predicted octanol–water partition coefficient (Wildman–Crippen LogP) is 2.24. The van der Waals surface area contributed by atoms with E-state index < -0.39 is 0 Å². The van der Waals surface area contributed by atoms with Crippen LogP contribution in [-0.2, 0) is 11.8 Å². The zero-order valence-corrected chi connectivity index (χ0v) is 16.6. The Morgan fingerprint density at radius 1 is 1.18 bits per heavy atom. The second-order valence-electron chi connectivity index (χ2n) is 6.64. The van der Waals surface area contributed by atoms with Crippen molar-refractivity contribution in [2.24, 2.45) is 7.05 Å². The van der Waals surface area contributed by atoms with Gasteiger partial charge in [-0.25, -0.2) is 4.79 Å². The van der Waals surface area contributed by atoms with E-state index in [2.05, 4.69) is 26.2 Å². The second kappa shape index (κ2) is 9.48. The number of nitrogens with one attached hydrogen (secondary N) is 2. The third kappa shape index (κ3) is 4.96. The number of carbonyl (C=O) groups excluding carboxylic acids is 1. The first-order chi connectivity index (χ1) is 13.6. The van der Waals surface area contributed by atoms with Gasteiger partial charge in [-0.15, -0.1) is 0 Å². The Morgan fingerprint density at radius 2 is 1.86 bits per heavy atom. The topological polar surface area (TPSA) is 77.0 Å². The normalized spacial score (nSPS) is 15.7. The monoisotopic (exact) mass is 388 g/mol. The van der Waals surface area contributed by atoms with Gasteiger partial charge in [0.1, 0.15) is 11.5 Å². The van der Waals surface area contributed by atoms with Gasteiger partial charge < -0.3 is 29.4 Å². The zero-order valence-electron chi connectivity index (χ0n) is 16.6. The van der Waals surface area contributed by atoms with Crippen LogP contribution in [0.5, 0.6) is 11.5 Å². The standard InChI is InChI=1S/C20H28N4O4/c1-23-6-4-5-18(23)19(24-7-9-28-10-8-24)14-21-20(25)22-15-11-16(26-2)13-17(12-15)27-3/h4-6,11-13,19H,7-10,14H2,1-3H3,(H2,21,22,25). The van der Waals surface area contributed by atoms with Crippen LogP contribution in [0.3, 0.4) is 0 Å². The van der Waals surface area contributed by atoms with E-state index in [0.29, 0.717) is 36.9 Å². The third-order valence-electron chi connectivity index (χ3n) is 4.88. The lowest BCUT2D eigenvalue weighted by molar-refractivity contribution is 0.0154. The van der Waals surface area contributed by atoms with Gasteiger partial charge in [-0.3, -0.25) is 4.90 Å². The van der Waals surface area contributed by atoms with Crippen LogP contribution < -0.4 is 20.1 Å². The van der Waals surface area contributed by atoms with Crippen LogP contribution >= 0.6 is 0 Å². The summed E-state index contributed by atoms with van der Waals surface area (Å²) in [6.07, 6.45) is 2.02. The molecule has 3 rings (SSSR count). The molecule has 1 aliphatic heterocycles. The Hall–Kier alpha value is -2.71. The lowest BCUT2D eigenvalue weighted by Gasteiger charge is -2.34. The molecule has 1 aliphatic rings. The lowest BCUT2D eigenvalue weighted by Crippen LogP contribution is -2.45. The predicted molar refractivity (Wildman–Crippen MR) is 107 cm³/mol. The summed E-state index contributed by atoms with van der Waals surface area (Å²) in [5.41, 5.74) is 1.76. The Labute approximate surface area is 165 Å². The number of methoxy groups -OCH3 is 2. The highest BCUT2D eigenvalue weighted by atomic mass is 16.5. The average molecular weight is 388 g/mol. The quantitative estimate of drug-likeness (QED) is 0.761. The average Bonchev–Trinajstić information content (AvgIpc) is 3.14. The van der Waals surface area contributed by atoms with Crippen molar-refractivity contribution >= 4 is 11.7 Å². The molecule has 1 aromatic heterocycles. The second-order valence-corrected chi connectivity index (χ2v) is 6.64. The van der Waals surface area contributed by atoms with E-state index in [1.54, 1.807) is 32.4 Å². The Kier molecular flexibility index (Phi) is 6.78. The molecule has 152 valence electrons. The van der Waals surface area contributed by atoms with Crippen molar-refractivity contribution in [3.05, 3.63) is 42.2 Å². The molecule has 8 nitrogen and oxygen atoms in total. The van der Waals surface area contributed by atoms with Gasteiger partial charge in [0.2, 0.25) is 0 Å². The highest BCUT2D eigenvalue weighted by Gasteiger charge is 2.24. The van der Waals surface area contributed by atoms with Crippen LogP contribution in [0.15, 0.2) is 36.5 Å². The summed E-state index contributed by atoms with van der Waals surface area (Å²) in [4.78, 5) is 14.8. The molecule has 2 heterocycles. The first-order valence-electron chi connectivity index (χ1n) is 9.31. The summed E-state index contributed by atoms with van der Waals surface area (Å²) < 4.78 is 18.1. The molecule has 0 bridgehead atoms. The van der Waals surface area contributed by atoms with Crippen LogP contribution in [0.1, 0.15) is 11.7 Å². The maximum atomic E-state index is 12.5. The van der Waals surface area contributed by atoms with Crippen molar-refractivity contribution < 1.29 is 19.0 Å². The molecular formula is C20H28N4O4. The van der Waals surface area contributed by atoms with Gasteiger partial charge in [0, 0.05) is 62.5 Å². The molecule has 1 unspecified atom stereocenters. The fraction of sp³-hybridized carbons (Fsp3) is 0.450. The van der Waals surface area contributed by atoms with Crippen LogP contribution in [-0.4, -0.2) is 62.6 Å². The first kappa shape index (κ1) is 20.0. The molecule has 1 saturated heterocycles. The van der Waals surface area contributed by atoms with Crippen molar-refractivity contribution in [3.8, 4) is 11.5 Å². The molecule has 2 amide bonds. The number of morpholine rings is 1. The number of aromatic nitrogens is 1. The summed E-state index contributed by atoms with van der Waals surface area (Å²) in [5.74, 6) is 1.23. The number of anilines is 1. The van der Waals surface area contributed by atoms with Gasteiger partial charge in [-0.2, -0.15) is 0 Å². The molecule has 2 aromatic rings. The number of benzene rings is 1. The summed E-state index contributed by atoms with van der Waals surface area (Å²) >= 11 is 0. The molecule has 28 heavy (non-hydrogen) atoms. The minimum Gasteiger partial charge on any atom is -0.497 e. The van der Waals surface area contributed by atoms with Gasteiger partial charge in [0.25, 0.3) is 0 Å². The van der Waals surface area contributed by atoms with Crippen molar-refractivity contribution in [2.75, 3.05) is 52.4 Å². The van der Waals surface area contributed by atoms with Gasteiger partial charge in [-0.1, -0.05) is 0 Å². The number of carbonyl (C=O) groups is 1. The molecule has 8 heteroatoms. The maximum Gasteiger partial charge on any atom is 0.319 e. The number of amides is 2. The Morgan fingerprint density at radius 3 is 2.43 bits per heavy atom. The van der Waals surface area contributed by atoms with E-state index in [-0.39, 0.29) is 12.1 Å². The largest absolute Gasteiger partial charge is 0.497 e. The van der Waals surface area contributed by atoms with E-state index in [4.69, 9.17) is 14.2 Å². The van der Waals surface area contributed by atoms with Crippen LogP contribution in [0.25, 0.3) is 0 Å². The fourth-order valence-electron chi connectivity index (χ4n) is 3.37. The summed E-state index contributed by atoms with van der Waals surface area (Å²) in [6.45, 7) is 3.58. The minimum absolute atomic E-state index is 0.0782. The molecule has 0 saturated carbocycles. The molecule has 0 radical (unpaired) electrons. The number of urea groups is 1. The van der Waals surface area contributed by atoms with Crippen molar-refractivity contribution in [3.63, 3.8) is 0 Å². The summed E-state index contributed by atoms with van der Waals surface area (Å²) in [6, 6.07) is 9.17. The molecule has 0 aliphatic carbocycles. The van der Waals surface area contributed by atoms with Crippen LogP contribution in [0.4, 0.5) is 10.5 Å². The van der Waals surface area contributed by atoms with Crippen LogP contribution in [0, 0.1) is 0 Å². The van der Waals surface area contributed by atoms with E-state index in [0.717, 1.165) is 18.8 Å². The molecule has 1 aromatic carbocycles. The van der Waals surface area contributed by atoms with Crippen molar-refractivity contribution in [1.29, 1.82) is 0 Å². The SMILES string of the molecule is COc1cc(NC(=O)NCC(c2cccn2C)N2CCOCC2)cc(OC)c1. The lowest BCUT2D eigenvalue weighted by atomic mass is 10.1. The third-order valence-corrected chi connectivity index (χ3v) is 4.88. The van der Waals surface area contributed by atoms with Gasteiger partial charge in [0.05, 0.1) is 33.5 Å². The number of nitrogens with zero attached hydrogens (tertiary/aromatic N) is 2. The maximum absolute atomic E-state index is 12.5. The molecule has 1 fully saturated rings. The van der Waals surface area contributed by atoms with Crippen LogP contribution in [0.2, 0.25) is 0 Å². The van der Waals surface area contributed by atoms with E-state index in [9.17, 15) is 4.79 Å². The summed E-state index contributed by atoms with van der Waals surface area (Å²) in [5, 5.41) is 5.84. The van der Waals surface area contributed by atoms with Gasteiger partial charge >= 0.3 is 6.03 Å². The van der Waals surface area contributed by atoms with Gasteiger partial charge in [-0.05, 0) is 12.1 Å². The molecule has 0 spiro atoms. The molecule has 2 N–H and O–H groups in total. The highest BCUT2D eigenvalue weighted by Crippen LogP contribution is 2.26. The molecular weight excluding hydrogens is 360 g/mol. The Bertz CT molecular complexity index is 764. The smallest absolute Gasteiger partial charge is 0.319 e. The number of ether oxygens (including phenoxy) is 3. The fourth-order valence-corrected chi connectivity index (χ4v) is 3.37. The number of aryl methyl sites for hydroxylation is 1. The number of hydrogen-bond donors (Lipinski definition) is 2. The van der Waals surface area contributed by atoms with E-state index in [1.165, 1.54) is 0 Å². The highest BCUT2D eigenvalue weighted by molar-refractivity contribution is 5.89. The van der Waals surface area contributed by atoms with Crippen molar-refractivity contribution in [1.82, 2.24) is 14.8 Å².